The van der Waals surface area contributed by atoms with Gasteiger partial charge in [0.15, 0.2) is 0 Å². The largest absolute Gasteiger partial charge is 0.399 e. The van der Waals surface area contributed by atoms with Crippen molar-refractivity contribution in [1.29, 1.82) is 0 Å². The molecule has 0 aliphatic rings. The molecule has 0 atom stereocenters. The Morgan fingerprint density at radius 2 is 2.06 bits per heavy atom. The van der Waals surface area contributed by atoms with Gasteiger partial charge in [0, 0.05) is 24.3 Å². The molecule has 94 valence electrons. The fourth-order valence-electron chi connectivity index (χ4n) is 1.71. The highest BCUT2D eigenvalue weighted by Crippen LogP contribution is 2.14. The first-order valence-corrected chi connectivity index (χ1v) is 5.79. The van der Waals surface area contributed by atoms with Crippen LogP contribution in [0.2, 0.25) is 0 Å². The van der Waals surface area contributed by atoms with Gasteiger partial charge in [-0.05, 0) is 31.0 Å². The molecule has 0 radical (unpaired) electrons. The number of halogens is 1. The second-order valence-electron chi connectivity index (χ2n) is 4.51. The van der Waals surface area contributed by atoms with Crippen LogP contribution in [0.4, 0.5) is 10.1 Å². The van der Waals surface area contributed by atoms with E-state index in [-0.39, 0.29) is 11.6 Å². The Morgan fingerprint density at radius 1 is 1.41 bits per heavy atom. The minimum Gasteiger partial charge on any atom is -0.399 e. The van der Waals surface area contributed by atoms with Crippen LogP contribution in [0.5, 0.6) is 0 Å². The Balaban J connectivity index is 2.93. The van der Waals surface area contributed by atoms with E-state index in [2.05, 4.69) is 0 Å². The number of nitrogens with two attached hydrogens (primary N) is 1. The van der Waals surface area contributed by atoms with Crippen LogP contribution in [0.25, 0.3) is 0 Å². The summed E-state index contributed by atoms with van der Waals surface area (Å²) in [6.45, 7) is 7.24. The van der Waals surface area contributed by atoms with E-state index in [1.165, 1.54) is 18.2 Å². The smallest absolute Gasteiger partial charge is 0.254 e. The molecule has 0 heterocycles. The molecule has 0 aromatic heterocycles. The van der Waals surface area contributed by atoms with Crippen molar-refractivity contribution in [3.63, 3.8) is 0 Å². The van der Waals surface area contributed by atoms with Gasteiger partial charge in [0.2, 0.25) is 0 Å². The quantitative estimate of drug-likeness (QED) is 0.819. The van der Waals surface area contributed by atoms with E-state index in [4.69, 9.17) is 5.73 Å². The molecule has 0 bridgehead atoms. The third kappa shape index (κ3) is 3.73. The zero-order chi connectivity index (χ0) is 13.0. The number of carbonyl (C=O) groups excluding carboxylic acids is 1. The maximum Gasteiger partial charge on any atom is 0.254 e. The topological polar surface area (TPSA) is 46.3 Å². The SMILES string of the molecule is CCN(CC(C)C)C(=O)c1cc(N)cc(F)c1. The lowest BCUT2D eigenvalue weighted by atomic mass is 10.1. The first-order valence-electron chi connectivity index (χ1n) is 5.79. The van der Waals surface area contributed by atoms with Crippen LogP contribution < -0.4 is 5.73 Å². The molecule has 0 aliphatic heterocycles. The van der Waals surface area contributed by atoms with Crippen molar-refractivity contribution >= 4 is 11.6 Å². The first-order chi connectivity index (χ1) is 7.93. The zero-order valence-corrected chi connectivity index (χ0v) is 10.5. The number of anilines is 1. The van der Waals surface area contributed by atoms with Gasteiger partial charge in [-0.3, -0.25) is 4.79 Å². The lowest BCUT2D eigenvalue weighted by molar-refractivity contribution is 0.0745. The number of nitrogens with zero attached hydrogens (tertiary/aromatic N) is 1. The van der Waals surface area contributed by atoms with Gasteiger partial charge < -0.3 is 10.6 Å². The van der Waals surface area contributed by atoms with Gasteiger partial charge >= 0.3 is 0 Å². The molecule has 0 fully saturated rings. The Hall–Kier alpha value is -1.58. The molecule has 0 saturated carbocycles. The van der Waals surface area contributed by atoms with E-state index in [1.54, 1.807) is 4.90 Å². The number of carbonyl (C=O) groups is 1. The van der Waals surface area contributed by atoms with Crippen LogP contribution in [0.3, 0.4) is 0 Å². The van der Waals surface area contributed by atoms with Gasteiger partial charge in [0.1, 0.15) is 5.82 Å². The Morgan fingerprint density at radius 3 is 2.53 bits per heavy atom. The Bertz CT molecular complexity index is 384. The van der Waals surface area contributed by atoms with Gasteiger partial charge in [-0.2, -0.15) is 0 Å². The molecular weight excluding hydrogens is 219 g/mol. The number of rotatable bonds is 4. The normalized spacial score (nSPS) is 10.6. The molecule has 0 spiro atoms. The standard InChI is InChI=1S/C13H19FN2O/c1-4-16(8-9(2)3)13(17)10-5-11(14)7-12(15)6-10/h5-7,9H,4,8,15H2,1-3H3. The second kappa shape index (κ2) is 5.66. The average Bonchev–Trinajstić information content (AvgIpc) is 2.23. The summed E-state index contributed by atoms with van der Waals surface area (Å²) >= 11 is 0. The Labute approximate surface area is 101 Å². The molecule has 3 nitrogen and oxygen atoms in total. The molecule has 2 N–H and O–H groups in total. The van der Waals surface area contributed by atoms with Crippen molar-refractivity contribution in [1.82, 2.24) is 4.90 Å². The number of nitrogen functional groups attached to an aromatic ring is 1. The number of hydrogen-bond acceptors (Lipinski definition) is 2. The second-order valence-corrected chi connectivity index (χ2v) is 4.51. The van der Waals surface area contributed by atoms with Gasteiger partial charge in [-0.25, -0.2) is 4.39 Å². The van der Waals surface area contributed by atoms with E-state index >= 15 is 0 Å². The Kier molecular flexibility index (Phi) is 4.49. The maximum absolute atomic E-state index is 13.2. The van der Waals surface area contributed by atoms with Crippen LogP contribution >= 0.6 is 0 Å². The zero-order valence-electron chi connectivity index (χ0n) is 10.5. The van der Waals surface area contributed by atoms with E-state index in [0.29, 0.717) is 24.6 Å². The van der Waals surface area contributed by atoms with Crippen molar-refractivity contribution in [2.24, 2.45) is 5.92 Å². The van der Waals surface area contributed by atoms with Crippen molar-refractivity contribution < 1.29 is 9.18 Å². The predicted octanol–water partition coefficient (Wildman–Crippen LogP) is 2.53. The lowest BCUT2D eigenvalue weighted by Gasteiger charge is -2.23. The summed E-state index contributed by atoms with van der Waals surface area (Å²) in [6, 6.07) is 3.94. The van der Waals surface area contributed by atoms with Gasteiger partial charge in [-0.1, -0.05) is 13.8 Å². The number of hydrogen-bond donors (Lipinski definition) is 1. The van der Waals surface area contributed by atoms with Gasteiger partial charge in [0.25, 0.3) is 5.91 Å². The van der Waals surface area contributed by atoms with Crippen molar-refractivity contribution in [3.8, 4) is 0 Å². The van der Waals surface area contributed by atoms with Crippen LogP contribution in [-0.4, -0.2) is 23.9 Å². The minimum absolute atomic E-state index is 0.174. The molecule has 17 heavy (non-hydrogen) atoms. The summed E-state index contributed by atoms with van der Waals surface area (Å²) in [4.78, 5) is 13.8. The van der Waals surface area contributed by atoms with E-state index in [1.807, 2.05) is 20.8 Å². The highest BCUT2D eigenvalue weighted by molar-refractivity contribution is 5.95. The molecule has 0 saturated heterocycles. The van der Waals surface area contributed by atoms with Crippen LogP contribution in [0.15, 0.2) is 18.2 Å². The van der Waals surface area contributed by atoms with Crippen molar-refractivity contribution in [2.45, 2.75) is 20.8 Å². The average molecular weight is 238 g/mol. The van der Waals surface area contributed by atoms with E-state index < -0.39 is 5.82 Å². The summed E-state index contributed by atoms with van der Waals surface area (Å²) in [7, 11) is 0. The maximum atomic E-state index is 13.2. The lowest BCUT2D eigenvalue weighted by Crippen LogP contribution is -2.34. The molecule has 1 amide bonds. The predicted molar refractivity (Wildman–Crippen MR) is 67.2 cm³/mol. The molecule has 4 heteroatoms. The molecule has 0 unspecified atom stereocenters. The van der Waals surface area contributed by atoms with Crippen LogP contribution in [0, 0.1) is 11.7 Å². The molecule has 1 aromatic carbocycles. The van der Waals surface area contributed by atoms with Crippen LogP contribution in [0.1, 0.15) is 31.1 Å². The van der Waals surface area contributed by atoms with Crippen molar-refractivity contribution in [2.75, 3.05) is 18.8 Å². The summed E-state index contributed by atoms with van der Waals surface area (Å²) in [5, 5.41) is 0. The third-order valence-electron chi connectivity index (χ3n) is 2.42. The molecule has 1 aromatic rings. The molecule has 1 rings (SSSR count). The highest BCUT2D eigenvalue weighted by Gasteiger charge is 2.16. The summed E-state index contributed by atoms with van der Waals surface area (Å²) in [5.74, 6) is -0.272. The summed E-state index contributed by atoms with van der Waals surface area (Å²) < 4.78 is 13.2. The van der Waals surface area contributed by atoms with Crippen LogP contribution in [-0.2, 0) is 0 Å². The summed E-state index contributed by atoms with van der Waals surface area (Å²) in [6.07, 6.45) is 0. The third-order valence-corrected chi connectivity index (χ3v) is 2.42. The number of amides is 1. The summed E-state index contributed by atoms with van der Waals surface area (Å²) in [5.41, 5.74) is 6.11. The molecular formula is C13H19FN2O. The fourth-order valence-corrected chi connectivity index (χ4v) is 1.71. The monoisotopic (exact) mass is 238 g/mol. The number of benzene rings is 1. The highest BCUT2D eigenvalue weighted by atomic mass is 19.1. The van der Waals surface area contributed by atoms with Gasteiger partial charge in [-0.15, -0.1) is 0 Å². The minimum atomic E-state index is -0.478. The van der Waals surface area contributed by atoms with E-state index in [0.717, 1.165) is 0 Å². The van der Waals surface area contributed by atoms with Crippen molar-refractivity contribution in [3.05, 3.63) is 29.6 Å². The first kappa shape index (κ1) is 13.5. The fraction of sp³-hybridized carbons (Fsp3) is 0.462. The van der Waals surface area contributed by atoms with E-state index in [9.17, 15) is 9.18 Å². The molecule has 0 aliphatic carbocycles. The van der Waals surface area contributed by atoms with Gasteiger partial charge in [0.05, 0.1) is 0 Å².